The summed E-state index contributed by atoms with van der Waals surface area (Å²) in [6.07, 6.45) is 1.57. The molecule has 1 aliphatic heterocycles. The monoisotopic (exact) mass is 270 g/mol. The second kappa shape index (κ2) is 5.54. The van der Waals surface area contributed by atoms with Crippen LogP contribution in [0.3, 0.4) is 0 Å². The molecule has 0 N–H and O–H groups in total. The van der Waals surface area contributed by atoms with Crippen LogP contribution in [-0.2, 0) is 13.6 Å². The van der Waals surface area contributed by atoms with Crippen molar-refractivity contribution in [3.8, 4) is 0 Å². The Balaban J connectivity index is 2.19. The molecule has 3 nitrogen and oxygen atoms in total. The average Bonchev–Trinajstić information content (AvgIpc) is 3.14. The summed E-state index contributed by atoms with van der Waals surface area (Å²) in [7, 11) is 1.05. The van der Waals surface area contributed by atoms with Crippen molar-refractivity contribution in [2.75, 3.05) is 27.1 Å². The Morgan fingerprint density at radius 1 is 1.24 bits per heavy atom. The second-order valence-electron chi connectivity index (χ2n) is 3.95. The van der Waals surface area contributed by atoms with E-state index in [1.54, 1.807) is 26.0 Å². The molecule has 94 valence electrons. The van der Waals surface area contributed by atoms with Crippen LogP contribution in [0.15, 0.2) is 28.0 Å². The smallest absolute Gasteiger partial charge is 0.393 e. The lowest BCUT2D eigenvalue weighted by atomic mass is 10.4. The molecule has 0 bridgehead atoms. The van der Waals surface area contributed by atoms with Gasteiger partial charge < -0.3 is 13.6 Å². The average molecular weight is 270 g/mol. The van der Waals surface area contributed by atoms with Crippen molar-refractivity contribution in [1.82, 2.24) is 0 Å². The molecule has 0 radical (unpaired) electrons. The second-order valence-corrected chi connectivity index (χ2v) is 8.15. The molecular formula is C12H18O3SSi. The minimum Gasteiger partial charge on any atom is -0.393 e. The fourth-order valence-electron chi connectivity index (χ4n) is 1.84. The Bertz CT molecular complexity index is 393. The van der Waals surface area contributed by atoms with Gasteiger partial charge in [-0.2, -0.15) is 0 Å². The zero-order valence-corrected chi connectivity index (χ0v) is 12.3. The largest absolute Gasteiger partial charge is 0.399 e. The third-order valence-corrected chi connectivity index (χ3v) is 7.18. The van der Waals surface area contributed by atoms with E-state index in [2.05, 4.69) is 25.1 Å². The lowest BCUT2D eigenvalue weighted by molar-refractivity contribution is 0.131. The van der Waals surface area contributed by atoms with Crippen LogP contribution in [0, 0.1) is 0 Å². The van der Waals surface area contributed by atoms with Gasteiger partial charge in [-0.05, 0) is 12.5 Å². The first-order valence-electron chi connectivity index (χ1n) is 5.77. The molecule has 0 aliphatic carbocycles. The number of hydrogen-bond acceptors (Lipinski definition) is 4. The molecule has 0 fully saturated rings. The van der Waals surface area contributed by atoms with Gasteiger partial charge in [-0.3, -0.25) is 0 Å². The van der Waals surface area contributed by atoms with Crippen LogP contribution in [0.2, 0.25) is 0 Å². The predicted molar refractivity (Wildman–Crippen MR) is 71.1 cm³/mol. The molecule has 0 spiro atoms. The maximum Gasteiger partial charge on any atom is 0.399 e. The SMILES string of the molecule is CCCOC[Si](OC)(OC)c1cccc2c1S2. The number of ether oxygens (including phenoxy) is 1. The lowest BCUT2D eigenvalue weighted by Gasteiger charge is -2.27. The fourth-order valence-corrected chi connectivity index (χ4v) is 5.46. The van der Waals surface area contributed by atoms with Crippen LogP contribution < -0.4 is 5.19 Å². The molecule has 0 amide bonds. The van der Waals surface area contributed by atoms with Crippen molar-refractivity contribution in [3.63, 3.8) is 0 Å². The summed E-state index contributed by atoms with van der Waals surface area (Å²) in [4.78, 5) is 2.66. The maximum atomic E-state index is 5.71. The lowest BCUT2D eigenvalue weighted by Crippen LogP contribution is -2.57. The molecule has 1 aliphatic rings. The molecule has 0 aromatic heterocycles. The Morgan fingerprint density at radius 2 is 2.00 bits per heavy atom. The van der Waals surface area contributed by atoms with Crippen molar-refractivity contribution in [2.24, 2.45) is 0 Å². The summed E-state index contributed by atoms with van der Waals surface area (Å²) in [5.74, 6) is 0. The minimum absolute atomic E-state index is 0.560. The molecule has 0 atom stereocenters. The molecule has 0 unspecified atom stereocenters. The van der Waals surface area contributed by atoms with Gasteiger partial charge in [-0.15, -0.1) is 0 Å². The normalized spacial score (nSPS) is 13.6. The number of fused-ring (bicyclic) bond motifs is 1. The van der Waals surface area contributed by atoms with E-state index in [4.69, 9.17) is 13.6 Å². The standard InChI is InChI=1S/C12H18O3SSi/c1-4-8-15-9-17(13-2,14-3)11-7-5-6-10-12(11)16-10/h5-7H,4,8-9H2,1-3H3. The first kappa shape index (κ1) is 13.1. The van der Waals surface area contributed by atoms with Gasteiger partial charge in [0.25, 0.3) is 0 Å². The summed E-state index contributed by atoms with van der Waals surface area (Å²) in [6, 6.07) is 6.29. The van der Waals surface area contributed by atoms with E-state index in [-0.39, 0.29) is 0 Å². The van der Waals surface area contributed by atoms with E-state index in [9.17, 15) is 0 Å². The first-order chi connectivity index (χ1) is 8.27. The van der Waals surface area contributed by atoms with Crippen LogP contribution in [-0.4, -0.2) is 35.6 Å². The highest BCUT2D eigenvalue weighted by molar-refractivity contribution is 8.05. The Hall–Kier alpha value is -0.333. The number of hydrogen-bond donors (Lipinski definition) is 0. The third kappa shape index (κ3) is 2.58. The van der Waals surface area contributed by atoms with Gasteiger partial charge in [0.15, 0.2) is 0 Å². The number of benzene rings is 1. The van der Waals surface area contributed by atoms with E-state index in [0.29, 0.717) is 6.23 Å². The van der Waals surface area contributed by atoms with Crippen molar-refractivity contribution in [1.29, 1.82) is 0 Å². The van der Waals surface area contributed by atoms with Crippen molar-refractivity contribution >= 4 is 25.5 Å². The van der Waals surface area contributed by atoms with Crippen LogP contribution >= 0.6 is 11.8 Å². The van der Waals surface area contributed by atoms with Gasteiger partial charge in [0, 0.05) is 35.8 Å². The molecular weight excluding hydrogens is 252 g/mol. The summed E-state index contributed by atoms with van der Waals surface area (Å²) in [5.41, 5.74) is 0. The summed E-state index contributed by atoms with van der Waals surface area (Å²) < 4.78 is 17.1. The van der Waals surface area contributed by atoms with Gasteiger partial charge in [0.1, 0.15) is 0 Å². The van der Waals surface area contributed by atoms with Gasteiger partial charge in [-0.1, -0.05) is 30.8 Å². The van der Waals surface area contributed by atoms with Gasteiger partial charge >= 0.3 is 8.56 Å². The van der Waals surface area contributed by atoms with Crippen LogP contribution in [0.5, 0.6) is 0 Å². The highest BCUT2D eigenvalue weighted by Gasteiger charge is 2.44. The maximum absolute atomic E-state index is 5.71. The highest BCUT2D eigenvalue weighted by atomic mass is 32.2. The Morgan fingerprint density at radius 3 is 2.65 bits per heavy atom. The highest BCUT2D eigenvalue weighted by Crippen LogP contribution is 2.47. The van der Waals surface area contributed by atoms with E-state index in [1.807, 2.05) is 0 Å². The van der Waals surface area contributed by atoms with Crippen LogP contribution in [0.1, 0.15) is 13.3 Å². The third-order valence-electron chi connectivity index (χ3n) is 2.86. The molecule has 5 heteroatoms. The van der Waals surface area contributed by atoms with E-state index < -0.39 is 8.56 Å². The van der Waals surface area contributed by atoms with E-state index >= 15 is 0 Å². The molecule has 1 aromatic carbocycles. The minimum atomic E-state index is -2.39. The van der Waals surface area contributed by atoms with Crippen molar-refractivity contribution in [3.05, 3.63) is 18.2 Å². The Labute approximate surface area is 108 Å². The summed E-state index contributed by atoms with van der Waals surface area (Å²) in [5, 5.41) is 1.21. The van der Waals surface area contributed by atoms with Gasteiger partial charge in [0.05, 0.1) is 6.23 Å². The molecule has 17 heavy (non-hydrogen) atoms. The van der Waals surface area contributed by atoms with Gasteiger partial charge in [0.2, 0.25) is 0 Å². The Kier molecular flexibility index (Phi) is 4.27. The van der Waals surface area contributed by atoms with Crippen molar-refractivity contribution < 1.29 is 13.6 Å². The molecule has 2 rings (SSSR count). The van der Waals surface area contributed by atoms with Crippen LogP contribution in [0.4, 0.5) is 0 Å². The molecule has 0 saturated carbocycles. The van der Waals surface area contributed by atoms with E-state index in [0.717, 1.165) is 13.0 Å². The van der Waals surface area contributed by atoms with Crippen LogP contribution in [0.25, 0.3) is 0 Å². The zero-order valence-electron chi connectivity index (χ0n) is 10.5. The first-order valence-corrected chi connectivity index (χ1v) is 8.61. The summed E-state index contributed by atoms with van der Waals surface area (Å²) in [6.45, 7) is 2.85. The van der Waals surface area contributed by atoms with Crippen molar-refractivity contribution in [2.45, 2.75) is 23.1 Å². The predicted octanol–water partition coefficient (Wildman–Crippen LogP) is 2.06. The van der Waals surface area contributed by atoms with E-state index in [1.165, 1.54) is 15.0 Å². The summed E-state index contributed by atoms with van der Waals surface area (Å²) >= 11 is 1.80. The topological polar surface area (TPSA) is 27.7 Å². The molecule has 0 saturated heterocycles. The quantitative estimate of drug-likeness (QED) is 0.437. The number of rotatable bonds is 7. The van der Waals surface area contributed by atoms with Gasteiger partial charge in [-0.25, -0.2) is 0 Å². The molecule has 1 heterocycles. The fraction of sp³-hybridized carbons (Fsp3) is 0.500. The molecule has 1 aromatic rings. The zero-order chi connectivity index (χ0) is 12.3.